The normalized spacial score (nSPS) is 20.8. The summed E-state index contributed by atoms with van der Waals surface area (Å²) in [6.07, 6.45) is 3.09. The van der Waals surface area contributed by atoms with Gasteiger partial charge in [-0.25, -0.2) is 8.78 Å². The molecule has 2 fully saturated rings. The molecule has 0 unspecified atom stereocenters. The first-order valence-electron chi connectivity index (χ1n) is 7.87. The van der Waals surface area contributed by atoms with E-state index in [9.17, 15) is 13.6 Å². The first-order chi connectivity index (χ1) is 10.6. The van der Waals surface area contributed by atoms with Crippen LogP contribution in [0, 0.1) is 11.6 Å². The SMILES string of the molecule is Cl.Cl.O=C([C@H]1CCCCN1)N1CCN(c2cc(F)ccc2F)CC1. The predicted octanol–water partition coefficient (Wildman–Crippen LogP) is 2.60. The molecule has 0 saturated carbocycles. The molecular weight excluding hydrogens is 359 g/mol. The molecule has 3 rings (SSSR count). The largest absolute Gasteiger partial charge is 0.366 e. The van der Waals surface area contributed by atoms with Crippen molar-refractivity contribution in [2.75, 3.05) is 37.6 Å². The molecule has 1 N–H and O–H groups in total. The molecule has 0 aliphatic carbocycles. The average Bonchev–Trinajstić information content (AvgIpc) is 2.57. The van der Waals surface area contributed by atoms with E-state index in [1.165, 1.54) is 6.07 Å². The van der Waals surface area contributed by atoms with Crippen LogP contribution in [0.25, 0.3) is 0 Å². The third kappa shape index (κ3) is 4.71. The van der Waals surface area contributed by atoms with Gasteiger partial charge in [0.05, 0.1) is 11.7 Å². The van der Waals surface area contributed by atoms with Crippen molar-refractivity contribution in [1.29, 1.82) is 0 Å². The lowest BCUT2D eigenvalue weighted by atomic mass is 10.0. The van der Waals surface area contributed by atoms with Crippen molar-refractivity contribution < 1.29 is 13.6 Å². The fourth-order valence-corrected chi connectivity index (χ4v) is 3.18. The Morgan fingerprint density at radius 2 is 1.79 bits per heavy atom. The van der Waals surface area contributed by atoms with Crippen LogP contribution in [0.1, 0.15) is 19.3 Å². The fraction of sp³-hybridized carbons (Fsp3) is 0.562. The number of benzene rings is 1. The molecule has 0 aromatic heterocycles. The molecule has 24 heavy (non-hydrogen) atoms. The Labute approximate surface area is 153 Å². The number of carbonyl (C=O) groups excluding carboxylic acids is 1. The van der Waals surface area contributed by atoms with Crippen molar-refractivity contribution in [2.45, 2.75) is 25.3 Å². The van der Waals surface area contributed by atoms with Crippen LogP contribution in [-0.4, -0.2) is 49.6 Å². The van der Waals surface area contributed by atoms with Crippen LogP contribution < -0.4 is 10.2 Å². The van der Waals surface area contributed by atoms with Crippen LogP contribution >= 0.6 is 24.8 Å². The number of rotatable bonds is 2. The molecule has 1 aromatic carbocycles. The van der Waals surface area contributed by atoms with Crippen LogP contribution in [0.3, 0.4) is 0 Å². The lowest BCUT2D eigenvalue weighted by Gasteiger charge is -2.38. The highest BCUT2D eigenvalue weighted by Gasteiger charge is 2.28. The van der Waals surface area contributed by atoms with Gasteiger partial charge in [0.1, 0.15) is 11.6 Å². The predicted molar refractivity (Wildman–Crippen MR) is 95.3 cm³/mol. The van der Waals surface area contributed by atoms with Gasteiger partial charge in [0.25, 0.3) is 0 Å². The Hall–Kier alpha value is -1.11. The van der Waals surface area contributed by atoms with Crippen molar-refractivity contribution in [2.24, 2.45) is 0 Å². The second kappa shape index (κ2) is 9.39. The maximum absolute atomic E-state index is 13.8. The Morgan fingerprint density at radius 1 is 1.08 bits per heavy atom. The quantitative estimate of drug-likeness (QED) is 0.854. The first kappa shape index (κ1) is 20.9. The van der Waals surface area contributed by atoms with E-state index < -0.39 is 11.6 Å². The number of halogens is 4. The summed E-state index contributed by atoms with van der Waals surface area (Å²) >= 11 is 0. The number of hydrogen-bond acceptors (Lipinski definition) is 3. The highest BCUT2D eigenvalue weighted by molar-refractivity contribution is 5.85. The Kier molecular flexibility index (Phi) is 8.19. The van der Waals surface area contributed by atoms with Crippen LogP contribution in [-0.2, 0) is 4.79 Å². The van der Waals surface area contributed by atoms with Crippen molar-refractivity contribution in [1.82, 2.24) is 10.2 Å². The van der Waals surface area contributed by atoms with Crippen LogP contribution in [0.2, 0.25) is 0 Å². The van der Waals surface area contributed by atoms with Gasteiger partial charge in [-0.3, -0.25) is 4.79 Å². The second-order valence-corrected chi connectivity index (χ2v) is 5.91. The smallest absolute Gasteiger partial charge is 0.239 e. The zero-order valence-corrected chi connectivity index (χ0v) is 15.0. The van der Waals surface area contributed by atoms with Gasteiger partial charge in [-0.05, 0) is 31.5 Å². The van der Waals surface area contributed by atoms with Gasteiger partial charge in [-0.1, -0.05) is 6.42 Å². The van der Waals surface area contributed by atoms with E-state index in [1.807, 2.05) is 4.90 Å². The molecule has 2 aliphatic rings. The maximum Gasteiger partial charge on any atom is 0.239 e. The van der Waals surface area contributed by atoms with Gasteiger partial charge < -0.3 is 15.1 Å². The number of piperidine rings is 1. The average molecular weight is 382 g/mol. The van der Waals surface area contributed by atoms with Gasteiger partial charge in [0.2, 0.25) is 5.91 Å². The topological polar surface area (TPSA) is 35.6 Å². The van der Waals surface area contributed by atoms with E-state index >= 15 is 0 Å². The third-order valence-corrected chi connectivity index (χ3v) is 4.45. The van der Waals surface area contributed by atoms with Gasteiger partial charge >= 0.3 is 0 Å². The summed E-state index contributed by atoms with van der Waals surface area (Å²) in [6.45, 7) is 3.04. The minimum absolute atomic E-state index is 0. The number of hydrogen-bond donors (Lipinski definition) is 1. The Morgan fingerprint density at radius 3 is 2.42 bits per heavy atom. The number of amides is 1. The molecule has 0 radical (unpaired) electrons. The van der Waals surface area contributed by atoms with Gasteiger partial charge in [0.15, 0.2) is 0 Å². The molecule has 4 nitrogen and oxygen atoms in total. The minimum Gasteiger partial charge on any atom is -0.366 e. The third-order valence-electron chi connectivity index (χ3n) is 4.45. The number of carbonyl (C=O) groups is 1. The summed E-state index contributed by atoms with van der Waals surface area (Å²) in [6, 6.07) is 3.41. The summed E-state index contributed by atoms with van der Waals surface area (Å²) in [7, 11) is 0. The van der Waals surface area contributed by atoms with Crippen molar-refractivity contribution in [3.05, 3.63) is 29.8 Å². The molecule has 1 atom stereocenters. The highest BCUT2D eigenvalue weighted by Crippen LogP contribution is 2.22. The Balaban J connectivity index is 0.00000144. The lowest BCUT2D eigenvalue weighted by Crippen LogP contribution is -2.55. The second-order valence-electron chi connectivity index (χ2n) is 5.91. The molecule has 1 amide bonds. The number of anilines is 1. The number of nitrogens with zero attached hydrogens (tertiary/aromatic N) is 2. The van der Waals surface area contributed by atoms with Crippen LogP contribution in [0.5, 0.6) is 0 Å². The summed E-state index contributed by atoms with van der Waals surface area (Å²) in [4.78, 5) is 16.1. The number of nitrogens with one attached hydrogen (secondary N) is 1. The van der Waals surface area contributed by atoms with E-state index in [2.05, 4.69) is 5.32 Å². The van der Waals surface area contributed by atoms with E-state index in [4.69, 9.17) is 0 Å². The monoisotopic (exact) mass is 381 g/mol. The molecule has 8 heteroatoms. The van der Waals surface area contributed by atoms with Gasteiger partial charge in [-0.2, -0.15) is 0 Å². The first-order valence-corrected chi connectivity index (χ1v) is 7.87. The molecule has 0 bridgehead atoms. The van der Waals surface area contributed by atoms with E-state index in [-0.39, 0.29) is 42.5 Å². The zero-order valence-electron chi connectivity index (χ0n) is 13.3. The molecule has 2 heterocycles. The minimum atomic E-state index is -0.443. The molecular formula is C16H23Cl2F2N3O. The van der Waals surface area contributed by atoms with Crippen LogP contribution in [0.4, 0.5) is 14.5 Å². The molecule has 1 aromatic rings. The molecule has 2 saturated heterocycles. The number of piperazine rings is 1. The standard InChI is InChI=1S/C16H21F2N3O.2ClH/c17-12-4-5-13(18)15(11-12)20-7-9-21(10-8-20)16(22)14-3-1-2-6-19-14;;/h4-5,11,14,19H,1-3,6-10H2;2*1H/t14-;;/m1../s1. The van der Waals surface area contributed by atoms with E-state index in [0.717, 1.165) is 37.9 Å². The summed E-state index contributed by atoms with van der Waals surface area (Å²) in [5.41, 5.74) is 0.280. The van der Waals surface area contributed by atoms with E-state index in [1.54, 1.807) is 4.90 Å². The maximum atomic E-state index is 13.8. The van der Waals surface area contributed by atoms with Crippen molar-refractivity contribution >= 4 is 36.4 Å². The lowest BCUT2D eigenvalue weighted by molar-refractivity contribution is -0.134. The van der Waals surface area contributed by atoms with Crippen molar-refractivity contribution in [3.8, 4) is 0 Å². The summed E-state index contributed by atoms with van der Waals surface area (Å²) < 4.78 is 27.1. The molecule has 136 valence electrons. The fourth-order valence-electron chi connectivity index (χ4n) is 3.18. The Bertz CT molecular complexity index is 548. The van der Waals surface area contributed by atoms with E-state index in [0.29, 0.717) is 26.2 Å². The van der Waals surface area contributed by atoms with Gasteiger partial charge in [-0.15, -0.1) is 24.8 Å². The van der Waals surface area contributed by atoms with Crippen molar-refractivity contribution in [3.63, 3.8) is 0 Å². The summed E-state index contributed by atoms with van der Waals surface area (Å²) in [5, 5.41) is 3.26. The zero-order chi connectivity index (χ0) is 15.5. The van der Waals surface area contributed by atoms with Crippen LogP contribution in [0.15, 0.2) is 18.2 Å². The molecule has 2 aliphatic heterocycles. The summed E-state index contributed by atoms with van der Waals surface area (Å²) in [5.74, 6) is -0.726. The highest BCUT2D eigenvalue weighted by atomic mass is 35.5. The molecule has 0 spiro atoms. The van der Waals surface area contributed by atoms with Gasteiger partial charge in [0, 0.05) is 32.2 Å².